The maximum atomic E-state index is 12.1. The molecule has 1 aliphatic carbocycles. The largest absolute Gasteiger partial charge is 0.353 e. The van der Waals surface area contributed by atoms with Crippen molar-refractivity contribution in [2.24, 2.45) is 7.05 Å². The van der Waals surface area contributed by atoms with Crippen LogP contribution in [0.1, 0.15) is 36.0 Å². The van der Waals surface area contributed by atoms with E-state index in [0.717, 1.165) is 30.1 Å². The third-order valence-corrected chi connectivity index (χ3v) is 5.41. The smallest absolute Gasteiger partial charge is 0.224 e. The topological polar surface area (TPSA) is 77.6 Å². The number of thiophene rings is 1. The number of hydrogen-bond donors (Lipinski definition) is 1. The molecule has 25 heavy (non-hydrogen) atoms. The molecule has 0 radical (unpaired) electrons. The second kappa shape index (κ2) is 6.79. The minimum Gasteiger partial charge on any atom is -0.353 e. The summed E-state index contributed by atoms with van der Waals surface area (Å²) in [4.78, 5) is 12.1. The fraction of sp³-hybridized carbons (Fsp3) is 0.412. The molecule has 1 fully saturated rings. The lowest BCUT2D eigenvalue weighted by molar-refractivity contribution is -0.121. The maximum Gasteiger partial charge on any atom is 0.224 e. The molecule has 0 aliphatic heterocycles. The highest BCUT2D eigenvalue weighted by atomic mass is 32.1. The molecule has 3 heterocycles. The van der Waals surface area contributed by atoms with Gasteiger partial charge in [0.25, 0.3) is 0 Å². The van der Waals surface area contributed by atoms with Crippen LogP contribution < -0.4 is 5.32 Å². The summed E-state index contributed by atoms with van der Waals surface area (Å²) >= 11 is 1.62. The van der Waals surface area contributed by atoms with Crippen molar-refractivity contribution in [2.45, 2.75) is 37.8 Å². The van der Waals surface area contributed by atoms with Gasteiger partial charge in [0.2, 0.25) is 5.91 Å². The van der Waals surface area contributed by atoms with Crippen LogP contribution in [0.4, 0.5) is 0 Å². The number of nitrogens with zero attached hydrogens (tertiary/aromatic N) is 5. The van der Waals surface area contributed by atoms with Crippen molar-refractivity contribution in [3.8, 4) is 0 Å². The molecule has 3 aromatic rings. The van der Waals surface area contributed by atoms with E-state index < -0.39 is 0 Å². The first-order valence-corrected chi connectivity index (χ1v) is 9.29. The summed E-state index contributed by atoms with van der Waals surface area (Å²) < 4.78 is 3.89. The third kappa shape index (κ3) is 3.48. The Morgan fingerprint density at radius 3 is 3.00 bits per heavy atom. The maximum absolute atomic E-state index is 12.1. The van der Waals surface area contributed by atoms with E-state index in [4.69, 9.17) is 0 Å². The minimum atomic E-state index is 0.0965. The van der Waals surface area contributed by atoms with E-state index in [1.54, 1.807) is 17.5 Å². The molecule has 0 aromatic carbocycles. The molecule has 3 aromatic heterocycles. The van der Waals surface area contributed by atoms with Gasteiger partial charge in [-0.25, -0.2) is 0 Å². The van der Waals surface area contributed by atoms with Gasteiger partial charge in [-0.3, -0.25) is 9.48 Å². The minimum absolute atomic E-state index is 0.0965. The van der Waals surface area contributed by atoms with Gasteiger partial charge in [-0.2, -0.15) is 16.4 Å². The lowest BCUT2D eigenvalue weighted by Gasteiger charge is -2.35. The summed E-state index contributed by atoms with van der Waals surface area (Å²) in [5.74, 6) is 2.34. The monoisotopic (exact) mass is 356 g/mol. The quantitative estimate of drug-likeness (QED) is 0.730. The highest BCUT2D eigenvalue weighted by molar-refractivity contribution is 7.07. The van der Waals surface area contributed by atoms with Crippen molar-refractivity contribution in [2.75, 3.05) is 0 Å². The Hall–Kier alpha value is -2.48. The Labute approximate surface area is 149 Å². The Bertz CT molecular complexity index is 833. The average Bonchev–Trinajstić information content (AvgIpc) is 3.29. The highest BCUT2D eigenvalue weighted by Crippen LogP contribution is 2.35. The molecule has 1 saturated carbocycles. The van der Waals surface area contributed by atoms with E-state index in [1.807, 2.05) is 40.8 Å². The number of carbonyl (C=O) groups is 1. The van der Waals surface area contributed by atoms with Gasteiger partial charge in [-0.15, -0.1) is 10.2 Å². The SMILES string of the molecule is Cn1c(Cn2cccn2)nnc1C1CC(NC(=O)Cc2ccsc2)C1. The summed E-state index contributed by atoms with van der Waals surface area (Å²) in [6.07, 6.45) is 5.97. The molecule has 0 atom stereocenters. The first-order chi connectivity index (χ1) is 12.2. The molecule has 4 rings (SSSR count). The number of nitrogens with one attached hydrogen (secondary N) is 1. The van der Waals surface area contributed by atoms with Gasteiger partial charge in [0.05, 0.1) is 6.42 Å². The van der Waals surface area contributed by atoms with Gasteiger partial charge in [-0.05, 0) is 41.3 Å². The molecule has 0 unspecified atom stereocenters. The van der Waals surface area contributed by atoms with Crippen LogP contribution in [0, 0.1) is 0 Å². The van der Waals surface area contributed by atoms with E-state index in [1.165, 1.54) is 0 Å². The van der Waals surface area contributed by atoms with Crippen LogP contribution in [0.15, 0.2) is 35.3 Å². The Balaban J connectivity index is 1.30. The van der Waals surface area contributed by atoms with Gasteiger partial charge >= 0.3 is 0 Å². The van der Waals surface area contributed by atoms with Crippen LogP contribution in [0.3, 0.4) is 0 Å². The predicted octanol–water partition coefficient (Wildman–Crippen LogP) is 1.73. The summed E-state index contributed by atoms with van der Waals surface area (Å²) in [6, 6.07) is 4.13. The third-order valence-electron chi connectivity index (χ3n) is 4.67. The van der Waals surface area contributed by atoms with E-state index in [2.05, 4.69) is 25.2 Å². The molecule has 1 aliphatic rings. The molecule has 0 saturated heterocycles. The number of amides is 1. The van der Waals surface area contributed by atoms with Gasteiger partial charge in [0.15, 0.2) is 5.82 Å². The van der Waals surface area contributed by atoms with Crippen molar-refractivity contribution in [3.63, 3.8) is 0 Å². The number of rotatable bonds is 6. The van der Waals surface area contributed by atoms with Gasteiger partial charge < -0.3 is 9.88 Å². The van der Waals surface area contributed by atoms with Crippen LogP contribution in [-0.4, -0.2) is 36.5 Å². The van der Waals surface area contributed by atoms with Crippen molar-refractivity contribution >= 4 is 17.2 Å². The zero-order valence-electron chi connectivity index (χ0n) is 14.0. The standard InChI is InChI=1S/C17H20N6OS/c1-22-15(10-23-5-2-4-18-23)20-21-17(22)13-8-14(9-13)19-16(24)7-12-3-6-25-11-12/h2-6,11,13-14H,7-10H2,1H3,(H,19,24). The molecule has 7 nitrogen and oxygen atoms in total. The average molecular weight is 356 g/mol. The Morgan fingerprint density at radius 2 is 2.28 bits per heavy atom. The molecular formula is C17H20N6OS. The molecule has 8 heteroatoms. The van der Waals surface area contributed by atoms with Gasteiger partial charge in [0.1, 0.15) is 12.4 Å². The molecule has 1 amide bonds. The lowest BCUT2D eigenvalue weighted by Crippen LogP contribution is -2.44. The van der Waals surface area contributed by atoms with E-state index in [-0.39, 0.29) is 11.9 Å². The summed E-state index contributed by atoms with van der Waals surface area (Å²) in [6.45, 7) is 0.615. The van der Waals surface area contributed by atoms with E-state index in [0.29, 0.717) is 18.9 Å². The molecule has 130 valence electrons. The van der Waals surface area contributed by atoms with Crippen molar-refractivity contribution in [3.05, 3.63) is 52.5 Å². The molecule has 1 N–H and O–H groups in total. The predicted molar refractivity (Wildman–Crippen MR) is 94.3 cm³/mol. The second-order valence-electron chi connectivity index (χ2n) is 6.48. The summed E-state index contributed by atoms with van der Waals surface area (Å²) in [5, 5.41) is 20.0. The van der Waals surface area contributed by atoms with Crippen LogP contribution in [-0.2, 0) is 24.8 Å². The van der Waals surface area contributed by atoms with Crippen LogP contribution in [0.25, 0.3) is 0 Å². The normalized spacial score (nSPS) is 19.6. The summed E-state index contributed by atoms with van der Waals surface area (Å²) in [7, 11) is 2.00. The fourth-order valence-corrected chi connectivity index (χ4v) is 3.88. The number of hydrogen-bond acceptors (Lipinski definition) is 5. The molecule has 0 spiro atoms. The Morgan fingerprint density at radius 1 is 1.40 bits per heavy atom. The first-order valence-electron chi connectivity index (χ1n) is 8.35. The van der Waals surface area contributed by atoms with Crippen molar-refractivity contribution in [1.29, 1.82) is 0 Å². The van der Waals surface area contributed by atoms with Gasteiger partial charge in [-0.1, -0.05) is 0 Å². The summed E-state index contributed by atoms with van der Waals surface area (Å²) in [5.41, 5.74) is 1.08. The van der Waals surface area contributed by atoms with Crippen molar-refractivity contribution in [1.82, 2.24) is 29.9 Å². The number of aromatic nitrogens is 5. The second-order valence-corrected chi connectivity index (χ2v) is 7.26. The van der Waals surface area contributed by atoms with Crippen molar-refractivity contribution < 1.29 is 4.79 Å². The Kier molecular flexibility index (Phi) is 4.35. The number of carbonyl (C=O) groups excluding carboxylic acids is 1. The lowest BCUT2D eigenvalue weighted by atomic mass is 9.79. The fourth-order valence-electron chi connectivity index (χ4n) is 3.21. The molecular weight excluding hydrogens is 336 g/mol. The van der Waals surface area contributed by atoms with Crippen LogP contribution in [0.2, 0.25) is 0 Å². The first kappa shape index (κ1) is 16.0. The van der Waals surface area contributed by atoms with Crippen LogP contribution in [0.5, 0.6) is 0 Å². The zero-order valence-corrected chi connectivity index (χ0v) is 14.8. The van der Waals surface area contributed by atoms with E-state index >= 15 is 0 Å². The van der Waals surface area contributed by atoms with E-state index in [9.17, 15) is 4.79 Å². The van der Waals surface area contributed by atoms with Gasteiger partial charge in [0, 0.05) is 31.4 Å². The molecule has 0 bridgehead atoms. The zero-order chi connectivity index (χ0) is 17.2. The van der Waals surface area contributed by atoms with Crippen LogP contribution >= 0.6 is 11.3 Å². The highest BCUT2D eigenvalue weighted by Gasteiger charge is 2.34.